The molecule has 0 radical (unpaired) electrons. The third-order valence-corrected chi connectivity index (χ3v) is 7.33. The molecule has 2 aromatic rings. The van der Waals surface area contributed by atoms with E-state index in [0.29, 0.717) is 19.4 Å². The van der Waals surface area contributed by atoms with Crippen molar-refractivity contribution in [2.24, 2.45) is 13.0 Å². The second-order valence-corrected chi connectivity index (χ2v) is 9.19. The number of amides is 1. The monoisotopic (exact) mass is 388 g/mol. The molecule has 0 bridgehead atoms. The lowest BCUT2D eigenvalue weighted by Crippen LogP contribution is -2.43. The molecule has 1 aromatic carbocycles. The van der Waals surface area contributed by atoms with E-state index in [2.05, 4.69) is 10.4 Å². The van der Waals surface area contributed by atoms with Crippen LogP contribution >= 0.6 is 0 Å². The van der Waals surface area contributed by atoms with E-state index in [1.807, 2.05) is 7.05 Å². The average molecular weight is 388 g/mol. The Kier molecular flexibility index (Phi) is 4.77. The Morgan fingerprint density at radius 3 is 2.74 bits per heavy atom. The fourth-order valence-electron chi connectivity index (χ4n) is 4.01. The van der Waals surface area contributed by atoms with Gasteiger partial charge in [0.15, 0.2) is 0 Å². The third-order valence-electron chi connectivity index (χ3n) is 5.45. The smallest absolute Gasteiger partial charge is 0.243 e. The molecule has 1 N–H and O–H groups in total. The summed E-state index contributed by atoms with van der Waals surface area (Å²) in [6, 6.07) is 8.40. The molecule has 27 heavy (non-hydrogen) atoms. The van der Waals surface area contributed by atoms with Crippen LogP contribution < -0.4 is 5.32 Å². The van der Waals surface area contributed by atoms with E-state index >= 15 is 0 Å². The number of hydrogen-bond donors (Lipinski definition) is 1. The maximum Gasteiger partial charge on any atom is 0.243 e. The first-order valence-electron chi connectivity index (χ1n) is 9.37. The predicted molar refractivity (Wildman–Crippen MR) is 102 cm³/mol. The van der Waals surface area contributed by atoms with Gasteiger partial charge in [-0.15, -0.1) is 0 Å². The van der Waals surface area contributed by atoms with Crippen LogP contribution in [0.25, 0.3) is 0 Å². The van der Waals surface area contributed by atoms with Crippen LogP contribution in [-0.2, 0) is 34.7 Å². The van der Waals surface area contributed by atoms with Crippen LogP contribution in [0.2, 0.25) is 0 Å². The van der Waals surface area contributed by atoms with Gasteiger partial charge in [-0.1, -0.05) is 18.2 Å². The van der Waals surface area contributed by atoms with Crippen molar-refractivity contribution in [2.75, 3.05) is 18.4 Å². The summed E-state index contributed by atoms with van der Waals surface area (Å²) in [5.41, 5.74) is 2.18. The zero-order valence-corrected chi connectivity index (χ0v) is 16.2. The number of hydrogen-bond acceptors (Lipinski definition) is 4. The second kappa shape index (κ2) is 7.09. The molecule has 1 amide bonds. The largest absolute Gasteiger partial charge is 0.310 e. The first-order valence-corrected chi connectivity index (χ1v) is 10.8. The average Bonchev–Trinajstić information content (AvgIpc) is 3.25. The van der Waals surface area contributed by atoms with E-state index in [4.69, 9.17) is 0 Å². The zero-order valence-electron chi connectivity index (χ0n) is 15.4. The quantitative estimate of drug-likeness (QED) is 0.868. The van der Waals surface area contributed by atoms with Crippen molar-refractivity contribution < 1.29 is 13.2 Å². The Balaban J connectivity index is 1.49. The minimum Gasteiger partial charge on any atom is -0.310 e. The topological polar surface area (TPSA) is 84.3 Å². The number of nitrogens with zero attached hydrogens (tertiary/aromatic N) is 3. The van der Waals surface area contributed by atoms with Gasteiger partial charge in [-0.05, 0) is 44.2 Å². The van der Waals surface area contributed by atoms with Crippen molar-refractivity contribution in [3.05, 3.63) is 41.6 Å². The van der Waals surface area contributed by atoms with Gasteiger partial charge in [0.25, 0.3) is 0 Å². The van der Waals surface area contributed by atoms with Crippen LogP contribution in [0.5, 0.6) is 0 Å². The van der Waals surface area contributed by atoms with Gasteiger partial charge >= 0.3 is 0 Å². The van der Waals surface area contributed by atoms with Gasteiger partial charge in [0.1, 0.15) is 5.82 Å². The molecule has 1 atom stereocenters. The number of nitrogens with one attached hydrogen (secondary N) is 1. The van der Waals surface area contributed by atoms with Crippen LogP contribution in [0.3, 0.4) is 0 Å². The highest BCUT2D eigenvalue weighted by Gasteiger charge is 2.34. The molecule has 0 spiro atoms. The summed E-state index contributed by atoms with van der Waals surface area (Å²) in [5.74, 6) is 0.278. The number of rotatable bonds is 4. The maximum absolute atomic E-state index is 12.9. The summed E-state index contributed by atoms with van der Waals surface area (Å²) < 4.78 is 28.9. The Hall–Kier alpha value is -2.19. The van der Waals surface area contributed by atoms with E-state index < -0.39 is 10.0 Å². The second-order valence-electron chi connectivity index (χ2n) is 7.26. The molecule has 1 aliphatic heterocycles. The lowest BCUT2D eigenvalue weighted by molar-refractivity contribution is -0.120. The Morgan fingerprint density at radius 1 is 1.19 bits per heavy atom. The number of fused-ring (bicyclic) bond motifs is 1. The van der Waals surface area contributed by atoms with Gasteiger partial charge in [-0.25, -0.2) is 8.42 Å². The van der Waals surface area contributed by atoms with E-state index in [-0.39, 0.29) is 23.3 Å². The van der Waals surface area contributed by atoms with E-state index in [1.54, 1.807) is 35.0 Å². The molecule has 4 rings (SSSR count). The van der Waals surface area contributed by atoms with Crippen LogP contribution in [0.15, 0.2) is 35.2 Å². The molecule has 144 valence electrons. The summed E-state index contributed by atoms with van der Waals surface area (Å²) in [4.78, 5) is 13.1. The molecule has 8 heteroatoms. The van der Waals surface area contributed by atoms with Crippen molar-refractivity contribution in [1.29, 1.82) is 0 Å². The van der Waals surface area contributed by atoms with Crippen molar-refractivity contribution in [3.8, 4) is 0 Å². The van der Waals surface area contributed by atoms with E-state index in [1.165, 1.54) is 4.31 Å². The number of piperidine rings is 1. The molecule has 1 unspecified atom stereocenters. The molecule has 1 aliphatic carbocycles. The van der Waals surface area contributed by atoms with Crippen LogP contribution in [0, 0.1) is 5.92 Å². The molecule has 1 saturated heterocycles. The summed E-state index contributed by atoms with van der Waals surface area (Å²) in [6.45, 7) is 0.658. The SMILES string of the molecule is Cn1nc2c(c1NC(=O)C1CCCN(S(=O)(=O)c3ccccc3)C1)CCC2. The highest BCUT2D eigenvalue weighted by atomic mass is 32.2. The summed E-state index contributed by atoms with van der Waals surface area (Å²) in [6.07, 6.45) is 4.30. The fourth-order valence-corrected chi connectivity index (χ4v) is 5.56. The van der Waals surface area contributed by atoms with Crippen LogP contribution in [0.4, 0.5) is 5.82 Å². The Morgan fingerprint density at radius 2 is 1.96 bits per heavy atom. The van der Waals surface area contributed by atoms with E-state index in [9.17, 15) is 13.2 Å². The standard InChI is InChI=1S/C19H24N4O3S/c1-22-18(16-10-5-11-17(16)21-22)20-19(24)14-7-6-12-23(13-14)27(25,26)15-8-3-2-4-9-15/h2-4,8-9,14H,5-7,10-13H2,1H3,(H,20,24). The normalized spacial score (nSPS) is 20.4. The predicted octanol–water partition coefficient (Wildman–Crippen LogP) is 1.95. The van der Waals surface area contributed by atoms with Gasteiger partial charge in [0.2, 0.25) is 15.9 Å². The molecule has 0 saturated carbocycles. The highest BCUT2D eigenvalue weighted by molar-refractivity contribution is 7.89. The molecule has 1 fully saturated rings. The zero-order chi connectivity index (χ0) is 19.0. The van der Waals surface area contributed by atoms with Crippen LogP contribution in [-0.4, -0.2) is 41.5 Å². The Labute approximate surface area is 159 Å². The first kappa shape index (κ1) is 18.2. The van der Waals surface area contributed by atoms with Gasteiger partial charge in [-0.2, -0.15) is 9.40 Å². The first-order chi connectivity index (χ1) is 13.0. The van der Waals surface area contributed by atoms with Gasteiger partial charge < -0.3 is 5.32 Å². The molecule has 2 heterocycles. The number of anilines is 1. The minimum atomic E-state index is -3.57. The molecule has 1 aromatic heterocycles. The molecular formula is C19H24N4O3S. The Bertz CT molecular complexity index is 953. The maximum atomic E-state index is 12.9. The van der Waals surface area contributed by atoms with Crippen molar-refractivity contribution >= 4 is 21.7 Å². The summed E-state index contributed by atoms with van der Waals surface area (Å²) in [7, 11) is -1.74. The third kappa shape index (κ3) is 3.39. The van der Waals surface area contributed by atoms with Gasteiger partial charge in [-0.3, -0.25) is 9.48 Å². The minimum absolute atomic E-state index is 0.124. The molecule has 7 nitrogen and oxygen atoms in total. The van der Waals surface area contributed by atoms with Crippen molar-refractivity contribution in [2.45, 2.75) is 37.0 Å². The van der Waals surface area contributed by atoms with Gasteiger partial charge in [0, 0.05) is 25.7 Å². The van der Waals surface area contributed by atoms with Gasteiger partial charge in [0.05, 0.1) is 16.5 Å². The number of aryl methyl sites for hydroxylation is 2. The lowest BCUT2D eigenvalue weighted by Gasteiger charge is -2.31. The number of sulfonamides is 1. The summed E-state index contributed by atoms with van der Waals surface area (Å²) >= 11 is 0. The number of benzene rings is 1. The van der Waals surface area contributed by atoms with Crippen molar-refractivity contribution in [1.82, 2.24) is 14.1 Å². The highest BCUT2D eigenvalue weighted by Crippen LogP contribution is 2.29. The number of aromatic nitrogens is 2. The fraction of sp³-hybridized carbons (Fsp3) is 0.474. The van der Waals surface area contributed by atoms with E-state index in [0.717, 1.165) is 36.3 Å². The summed E-state index contributed by atoms with van der Waals surface area (Å²) in [5, 5.41) is 7.49. The van der Waals surface area contributed by atoms with Crippen molar-refractivity contribution in [3.63, 3.8) is 0 Å². The lowest BCUT2D eigenvalue weighted by atomic mass is 9.99. The molecule has 2 aliphatic rings. The number of carbonyl (C=O) groups excluding carboxylic acids is 1. The molecular weight excluding hydrogens is 364 g/mol. The number of carbonyl (C=O) groups is 1. The van der Waals surface area contributed by atoms with Crippen LogP contribution in [0.1, 0.15) is 30.5 Å².